The van der Waals surface area contributed by atoms with Crippen LogP contribution in [0.15, 0.2) is 35.1 Å². The zero-order valence-electron chi connectivity index (χ0n) is 8.40. The quantitative estimate of drug-likeness (QED) is 0.702. The first-order valence-corrected chi connectivity index (χ1v) is 4.95. The van der Waals surface area contributed by atoms with E-state index in [4.69, 9.17) is 0 Å². The van der Waals surface area contributed by atoms with Gasteiger partial charge in [0.05, 0.1) is 10.9 Å². The molecular formula is C12H10N2O. The molecule has 3 heteroatoms. The normalized spacial score (nSPS) is 14.1. The number of aryl methyl sites for hydroxylation is 1. The maximum absolute atomic E-state index is 12.1. The number of aromatic nitrogens is 2. The van der Waals surface area contributed by atoms with Crippen molar-refractivity contribution in [3.63, 3.8) is 0 Å². The number of benzene rings is 1. The molecule has 0 spiro atoms. The van der Waals surface area contributed by atoms with Crippen LogP contribution in [0.5, 0.6) is 0 Å². The van der Waals surface area contributed by atoms with E-state index in [0.717, 1.165) is 23.5 Å². The highest BCUT2D eigenvalue weighted by Gasteiger charge is 2.16. The highest BCUT2D eigenvalue weighted by molar-refractivity contribution is 5.79. The molecule has 15 heavy (non-hydrogen) atoms. The third-order valence-corrected chi connectivity index (χ3v) is 2.62. The van der Waals surface area contributed by atoms with E-state index in [1.54, 1.807) is 4.57 Å². The third kappa shape index (κ3) is 1.20. The smallest absolute Gasteiger partial charge is 0.265 e. The van der Waals surface area contributed by atoms with Crippen LogP contribution in [0.1, 0.15) is 12.2 Å². The number of allylic oxidation sites excluding steroid dienone is 2. The summed E-state index contributed by atoms with van der Waals surface area (Å²) in [5.41, 5.74) is 1.88. The lowest BCUT2D eigenvalue weighted by Crippen LogP contribution is -2.20. The average Bonchev–Trinajstić information content (AvgIpc) is 3.02. The molecular weight excluding hydrogens is 188 g/mol. The zero-order valence-corrected chi connectivity index (χ0v) is 8.40. The summed E-state index contributed by atoms with van der Waals surface area (Å²) in [6.45, 7) is 1.87. The minimum absolute atomic E-state index is 0.0434. The molecule has 1 aromatic carbocycles. The second kappa shape index (κ2) is 2.79. The predicted octanol–water partition coefficient (Wildman–Crippen LogP) is 1.95. The fourth-order valence-electron chi connectivity index (χ4n) is 1.81. The monoisotopic (exact) mass is 198 g/mol. The van der Waals surface area contributed by atoms with E-state index in [-0.39, 0.29) is 5.56 Å². The van der Waals surface area contributed by atoms with Crippen LogP contribution in [0.3, 0.4) is 0 Å². The highest BCUT2D eigenvalue weighted by atomic mass is 16.1. The molecule has 0 radical (unpaired) electrons. The van der Waals surface area contributed by atoms with Gasteiger partial charge in [-0.1, -0.05) is 18.2 Å². The predicted molar refractivity (Wildman–Crippen MR) is 59.6 cm³/mol. The molecule has 1 aromatic heterocycles. The van der Waals surface area contributed by atoms with Crippen LogP contribution >= 0.6 is 0 Å². The molecule has 0 amide bonds. The number of para-hydroxylation sites is 1. The zero-order chi connectivity index (χ0) is 10.4. The van der Waals surface area contributed by atoms with Gasteiger partial charge in [-0.25, -0.2) is 4.98 Å². The lowest BCUT2D eigenvalue weighted by molar-refractivity contribution is 0.921. The van der Waals surface area contributed by atoms with Crippen molar-refractivity contribution in [2.45, 2.75) is 13.3 Å². The van der Waals surface area contributed by atoms with Gasteiger partial charge < -0.3 is 0 Å². The molecule has 0 saturated carbocycles. The van der Waals surface area contributed by atoms with Crippen molar-refractivity contribution < 1.29 is 0 Å². The van der Waals surface area contributed by atoms with Crippen LogP contribution < -0.4 is 5.56 Å². The summed E-state index contributed by atoms with van der Waals surface area (Å²) in [6.07, 6.45) is 2.94. The molecule has 0 N–H and O–H groups in total. The summed E-state index contributed by atoms with van der Waals surface area (Å²) in [7, 11) is 0. The molecule has 1 aliphatic carbocycles. The summed E-state index contributed by atoms with van der Waals surface area (Å²) in [6, 6.07) is 7.46. The Labute approximate surface area is 86.7 Å². The van der Waals surface area contributed by atoms with Gasteiger partial charge in [-0.2, -0.15) is 0 Å². The SMILES string of the molecule is Cc1nc2ccccc2c(=O)n1C1=CC1. The molecule has 0 bridgehead atoms. The van der Waals surface area contributed by atoms with Crippen LogP contribution in [-0.2, 0) is 0 Å². The van der Waals surface area contributed by atoms with Crippen LogP contribution in [0, 0.1) is 6.92 Å². The number of hydrogen-bond acceptors (Lipinski definition) is 2. The summed E-state index contributed by atoms with van der Waals surface area (Å²) < 4.78 is 1.70. The topological polar surface area (TPSA) is 34.9 Å². The van der Waals surface area contributed by atoms with Crippen molar-refractivity contribution >= 4 is 16.6 Å². The van der Waals surface area contributed by atoms with Crippen molar-refractivity contribution in [2.75, 3.05) is 0 Å². The summed E-state index contributed by atoms with van der Waals surface area (Å²) >= 11 is 0. The van der Waals surface area contributed by atoms with Crippen molar-refractivity contribution in [1.82, 2.24) is 9.55 Å². The van der Waals surface area contributed by atoms with E-state index >= 15 is 0 Å². The third-order valence-electron chi connectivity index (χ3n) is 2.62. The van der Waals surface area contributed by atoms with E-state index in [9.17, 15) is 4.79 Å². The molecule has 0 aliphatic heterocycles. The van der Waals surface area contributed by atoms with Crippen molar-refractivity contribution in [3.8, 4) is 0 Å². The Bertz CT molecular complexity index is 638. The second-order valence-corrected chi connectivity index (χ2v) is 3.72. The van der Waals surface area contributed by atoms with Gasteiger partial charge in [0, 0.05) is 12.1 Å². The van der Waals surface area contributed by atoms with Gasteiger partial charge >= 0.3 is 0 Å². The number of fused-ring (bicyclic) bond motifs is 1. The van der Waals surface area contributed by atoms with Crippen LogP contribution in [0.2, 0.25) is 0 Å². The highest BCUT2D eigenvalue weighted by Crippen LogP contribution is 2.24. The minimum Gasteiger partial charge on any atom is -0.268 e. The molecule has 0 saturated heterocycles. The lowest BCUT2D eigenvalue weighted by atomic mass is 10.2. The number of hydrogen-bond donors (Lipinski definition) is 0. The molecule has 0 atom stereocenters. The minimum atomic E-state index is 0.0434. The Morgan fingerprint density at radius 2 is 2.07 bits per heavy atom. The number of nitrogens with zero attached hydrogens (tertiary/aromatic N) is 2. The molecule has 0 unspecified atom stereocenters. The number of rotatable bonds is 1. The Balaban J connectivity index is 2.47. The summed E-state index contributed by atoms with van der Waals surface area (Å²) in [5, 5.41) is 0.691. The fourth-order valence-corrected chi connectivity index (χ4v) is 1.81. The van der Waals surface area contributed by atoms with Crippen molar-refractivity contribution in [2.24, 2.45) is 0 Å². The Kier molecular flexibility index (Phi) is 1.57. The average molecular weight is 198 g/mol. The van der Waals surface area contributed by atoms with Crippen LogP contribution in [-0.4, -0.2) is 9.55 Å². The maximum atomic E-state index is 12.1. The molecule has 1 aliphatic rings. The summed E-state index contributed by atoms with van der Waals surface area (Å²) in [4.78, 5) is 16.5. The lowest BCUT2D eigenvalue weighted by Gasteiger charge is -2.06. The molecule has 1 heterocycles. The van der Waals surface area contributed by atoms with Crippen LogP contribution in [0.4, 0.5) is 0 Å². The van der Waals surface area contributed by atoms with Gasteiger partial charge in [0.1, 0.15) is 5.82 Å². The first-order chi connectivity index (χ1) is 7.27. The first-order valence-electron chi connectivity index (χ1n) is 4.95. The van der Waals surface area contributed by atoms with Gasteiger partial charge in [-0.15, -0.1) is 0 Å². The van der Waals surface area contributed by atoms with E-state index in [1.807, 2.05) is 37.3 Å². The first kappa shape index (κ1) is 8.41. The molecule has 3 nitrogen and oxygen atoms in total. The largest absolute Gasteiger partial charge is 0.268 e. The van der Waals surface area contributed by atoms with Gasteiger partial charge in [-0.05, 0) is 19.1 Å². The van der Waals surface area contributed by atoms with E-state index in [0.29, 0.717) is 5.39 Å². The Morgan fingerprint density at radius 1 is 1.33 bits per heavy atom. The molecule has 3 rings (SSSR count). The van der Waals surface area contributed by atoms with E-state index in [2.05, 4.69) is 4.98 Å². The van der Waals surface area contributed by atoms with Crippen molar-refractivity contribution in [1.29, 1.82) is 0 Å². The van der Waals surface area contributed by atoms with E-state index in [1.165, 1.54) is 0 Å². The van der Waals surface area contributed by atoms with Crippen molar-refractivity contribution in [3.05, 3.63) is 46.5 Å². The van der Waals surface area contributed by atoms with Gasteiger partial charge in [0.15, 0.2) is 0 Å². The fraction of sp³-hybridized carbons (Fsp3) is 0.167. The van der Waals surface area contributed by atoms with Gasteiger partial charge in [0.25, 0.3) is 5.56 Å². The van der Waals surface area contributed by atoms with E-state index < -0.39 is 0 Å². The summed E-state index contributed by atoms with van der Waals surface area (Å²) in [5.74, 6) is 0.766. The molecule has 0 fully saturated rings. The van der Waals surface area contributed by atoms with Crippen LogP contribution in [0.25, 0.3) is 16.6 Å². The second-order valence-electron chi connectivity index (χ2n) is 3.72. The molecule has 2 aromatic rings. The Hall–Kier alpha value is -1.90. The van der Waals surface area contributed by atoms with Gasteiger partial charge in [-0.3, -0.25) is 9.36 Å². The standard InChI is InChI=1S/C12H10N2O/c1-8-13-11-5-3-2-4-10(11)12(15)14(8)9-6-7-9/h2-6H,7H2,1H3. The van der Waals surface area contributed by atoms with Gasteiger partial charge in [0.2, 0.25) is 0 Å². The Morgan fingerprint density at radius 3 is 2.80 bits per heavy atom. The molecule has 74 valence electrons. The maximum Gasteiger partial charge on any atom is 0.265 e.